The van der Waals surface area contributed by atoms with Crippen LogP contribution in [0.2, 0.25) is 0 Å². The highest BCUT2D eigenvalue weighted by Gasteiger charge is 2.27. The molecule has 1 heterocycles. The summed E-state index contributed by atoms with van der Waals surface area (Å²) in [6, 6.07) is -0.0738. The van der Waals surface area contributed by atoms with Gasteiger partial charge in [0.15, 0.2) is 0 Å². The zero-order valence-electron chi connectivity index (χ0n) is 9.24. The number of carboxylic acids is 1. The molecule has 0 spiro atoms. The van der Waals surface area contributed by atoms with Gasteiger partial charge < -0.3 is 10.0 Å². The molecule has 0 radical (unpaired) electrons. The van der Waals surface area contributed by atoms with E-state index in [9.17, 15) is 9.59 Å². The molecule has 0 bridgehead atoms. The van der Waals surface area contributed by atoms with Gasteiger partial charge in [0.25, 0.3) is 0 Å². The molecule has 0 saturated carbocycles. The van der Waals surface area contributed by atoms with Crippen molar-refractivity contribution in [2.24, 2.45) is 0 Å². The van der Waals surface area contributed by atoms with E-state index in [-0.39, 0.29) is 18.4 Å². The molecule has 4 heteroatoms. The fourth-order valence-electron chi connectivity index (χ4n) is 2.10. The third-order valence-electron chi connectivity index (χ3n) is 2.82. The second kappa shape index (κ2) is 5.73. The van der Waals surface area contributed by atoms with Gasteiger partial charge in [-0.1, -0.05) is 6.92 Å². The number of hydrogen-bond acceptors (Lipinski definition) is 2. The molecule has 1 rings (SSSR count). The smallest absolute Gasteiger partial charge is 0.305 e. The quantitative estimate of drug-likeness (QED) is 0.772. The molecule has 15 heavy (non-hydrogen) atoms. The Morgan fingerprint density at radius 1 is 1.40 bits per heavy atom. The second-order valence-electron chi connectivity index (χ2n) is 4.08. The summed E-state index contributed by atoms with van der Waals surface area (Å²) in [7, 11) is 0. The van der Waals surface area contributed by atoms with Gasteiger partial charge in [0, 0.05) is 19.0 Å². The van der Waals surface area contributed by atoms with Gasteiger partial charge in [0.1, 0.15) is 0 Å². The van der Waals surface area contributed by atoms with Crippen molar-refractivity contribution in [2.45, 2.75) is 51.5 Å². The van der Waals surface area contributed by atoms with Crippen molar-refractivity contribution in [1.29, 1.82) is 0 Å². The molecule has 86 valence electrons. The maximum Gasteiger partial charge on any atom is 0.305 e. The molecule has 1 saturated heterocycles. The average molecular weight is 213 g/mol. The Balaban J connectivity index is 2.56. The molecule has 1 N–H and O–H groups in total. The Hall–Kier alpha value is -1.06. The summed E-state index contributed by atoms with van der Waals surface area (Å²) in [6.07, 6.45) is 4.34. The van der Waals surface area contributed by atoms with Crippen LogP contribution in [0.3, 0.4) is 0 Å². The highest BCUT2D eigenvalue weighted by molar-refractivity contribution is 5.77. The molecule has 1 unspecified atom stereocenters. The van der Waals surface area contributed by atoms with Gasteiger partial charge in [-0.15, -0.1) is 0 Å². The summed E-state index contributed by atoms with van der Waals surface area (Å²) in [5.41, 5.74) is 0. The number of amides is 1. The second-order valence-corrected chi connectivity index (χ2v) is 4.08. The molecule has 0 aliphatic carbocycles. The van der Waals surface area contributed by atoms with E-state index in [0.717, 1.165) is 32.2 Å². The number of hydrogen-bond donors (Lipinski definition) is 1. The first-order valence-corrected chi connectivity index (χ1v) is 5.66. The third-order valence-corrected chi connectivity index (χ3v) is 2.82. The van der Waals surface area contributed by atoms with Gasteiger partial charge in [-0.25, -0.2) is 0 Å². The molecule has 1 atom stereocenters. The summed E-state index contributed by atoms with van der Waals surface area (Å²) >= 11 is 0. The number of aliphatic carboxylic acids is 1. The lowest BCUT2D eigenvalue weighted by Gasteiger charge is -2.35. The number of carbonyl (C=O) groups is 2. The van der Waals surface area contributed by atoms with Gasteiger partial charge in [0.05, 0.1) is 6.42 Å². The van der Waals surface area contributed by atoms with Gasteiger partial charge in [0.2, 0.25) is 5.91 Å². The number of nitrogens with zero attached hydrogens (tertiary/aromatic N) is 1. The zero-order valence-corrected chi connectivity index (χ0v) is 9.24. The van der Waals surface area contributed by atoms with Crippen molar-refractivity contribution in [2.75, 3.05) is 6.54 Å². The van der Waals surface area contributed by atoms with Gasteiger partial charge in [-0.05, 0) is 25.7 Å². The minimum Gasteiger partial charge on any atom is -0.481 e. The first kappa shape index (κ1) is 12.0. The van der Waals surface area contributed by atoms with Crippen LogP contribution in [-0.2, 0) is 9.59 Å². The lowest BCUT2D eigenvalue weighted by atomic mass is 9.99. The van der Waals surface area contributed by atoms with E-state index in [2.05, 4.69) is 0 Å². The SMILES string of the molecule is CCCC(=O)N1CCCCC1CC(=O)O. The van der Waals surface area contributed by atoms with Crippen molar-refractivity contribution < 1.29 is 14.7 Å². The van der Waals surface area contributed by atoms with E-state index in [1.54, 1.807) is 4.90 Å². The van der Waals surface area contributed by atoms with Crippen LogP contribution < -0.4 is 0 Å². The van der Waals surface area contributed by atoms with E-state index < -0.39 is 5.97 Å². The van der Waals surface area contributed by atoms with Crippen LogP contribution in [-0.4, -0.2) is 34.5 Å². The zero-order chi connectivity index (χ0) is 11.3. The molecule has 1 amide bonds. The average Bonchev–Trinajstić information content (AvgIpc) is 2.18. The molecule has 0 aromatic carbocycles. The number of piperidine rings is 1. The van der Waals surface area contributed by atoms with E-state index >= 15 is 0 Å². The molecule has 1 aliphatic rings. The summed E-state index contributed by atoms with van der Waals surface area (Å²) in [4.78, 5) is 24.1. The number of carbonyl (C=O) groups excluding carboxylic acids is 1. The predicted octanol–water partition coefficient (Wildman–Crippen LogP) is 1.64. The van der Waals surface area contributed by atoms with Crippen LogP contribution in [0.15, 0.2) is 0 Å². The van der Waals surface area contributed by atoms with Crippen molar-refractivity contribution in [3.8, 4) is 0 Å². The van der Waals surface area contributed by atoms with Crippen molar-refractivity contribution in [3.05, 3.63) is 0 Å². The van der Waals surface area contributed by atoms with Crippen LogP contribution in [0.4, 0.5) is 0 Å². The predicted molar refractivity (Wildman–Crippen MR) is 56.5 cm³/mol. The number of likely N-dealkylation sites (tertiary alicyclic amines) is 1. The van der Waals surface area contributed by atoms with E-state index in [4.69, 9.17) is 5.11 Å². The normalized spacial score (nSPS) is 21.4. The maximum absolute atomic E-state index is 11.7. The number of rotatable bonds is 4. The standard InChI is InChI=1S/C11H19NO3/c1-2-5-10(13)12-7-4-3-6-9(12)8-11(14)15/h9H,2-8H2,1H3,(H,14,15). The molecule has 1 fully saturated rings. The van der Waals surface area contributed by atoms with Crippen molar-refractivity contribution in [3.63, 3.8) is 0 Å². The maximum atomic E-state index is 11.7. The Morgan fingerprint density at radius 2 is 2.13 bits per heavy atom. The highest BCUT2D eigenvalue weighted by Crippen LogP contribution is 2.20. The first-order valence-electron chi connectivity index (χ1n) is 5.66. The third kappa shape index (κ3) is 3.53. The summed E-state index contributed by atoms with van der Waals surface area (Å²) in [5, 5.41) is 8.76. The highest BCUT2D eigenvalue weighted by atomic mass is 16.4. The van der Waals surface area contributed by atoms with Gasteiger partial charge in [-0.2, -0.15) is 0 Å². The van der Waals surface area contributed by atoms with Crippen molar-refractivity contribution in [1.82, 2.24) is 4.90 Å². The molecular formula is C11H19NO3. The minimum atomic E-state index is -0.809. The monoisotopic (exact) mass is 213 g/mol. The number of carboxylic acid groups (broad SMARTS) is 1. The van der Waals surface area contributed by atoms with Crippen LogP contribution in [0.25, 0.3) is 0 Å². The van der Waals surface area contributed by atoms with E-state index in [0.29, 0.717) is 6.42 Å². The fraction of sp³-hybridized carbons (Fsp3) is 0.818. The lowest BCUT2D eigenvalue weighted by molar-refractivity contribution is -0.141. The van der Waals surface area contributed by atoms with E-state index in [1.165, 1.54) is 0 Å². The fourth-order valence-corrected chi connectivity index (χ4v) is 2.10. The topological polar surface area (TPSA) is 57.6 Å². The summed E-state index contributed by atoms with van der Waals surface area (Å²) < 4.78 is 0. The Morgan fingerprint density at radius 3 is 2.73 bits per heavy atom. The summed E-state index contributed by atoms with van der Waals surface area (Å²) in [6.45, 7) is 2.70. The van der Waals surface area contributed by atoms with Crippen LogP contribution in [0, 0.1) is 0 Å². The van der Waals surface area contributed by atoms with Gasteiger partial charge >= 0.3 is 5.97 Å². The van der Waals surface area contributed by atoms with Crippen LogP contribution in [0.5, 0.6) is 0 Å². The molecular weight excluding hydrogens is 194 g/mol. The Bertz CT molecular complexity index is 240. The van der Waals surface area contributed by atoms with E-state index in [1.807, 2.05) is 6.92 Å². The Kier molecular flexibility index (Phi) is 4.59. The molecule has 0 aromatic heterocycles. The first-order chi connectivity index (χ1) is 7.15. The lowest BCUT2D eigenvalue weighted by Crippen LogP contribution is -2.44. The van der Waals surface area contributed by atoms with Crippen molar-refractivity contribution >= 4 is 11.9 Å². The molecule has 1 aliphatic heterocycles. The van der Waals surface area contributed by atoms with Gasteiger partial charge in [-0.3, -0.25) is 9.59 Å². The molecule has 0 aromatic rings. The minimum absolute atomic E-state index is 0.0738. The van der Waals surface area contributed by atoms with Crippen LogP contribution >= 0.6 is 0 Å². The van der Waals surface area contributed by atoms with Crippen LogP contribution in [0.1, 0.15) is 45.4 Å². The molecule has 4 nitrogen and oxygen atoms in total. The largest absolute Gasteiger partial charge is 0.481 e. The summed E-state index contributed by atoms with van der Waals surface area (Å²) in [5.74, 6) is -0.695. The Labute approximate surface area is 90.3 Å².